The van der Waals surface area contributed by atoms with Crippen molar-refractivity contribution in [1.29, 1.82) is 0 Å². The lowest BCUT2D eigenvalue weighted by atomic mass is 9.40. The molecule has 0 aromatic rings. The summed E-state index contributed by atoms with van der Waals surface area (Å²) in [5.41, 5.74) is 1.32. The molecule has 0 aromatic heterocycles. The average Bonchev–Trinajstić information content (AvgIpc) is 3.08. The number of carbonyl (C=O) groups excluding carboxylic acids is 1. The fourth-order valence-corrected chi connectivity index (χ4v) is 9.67. The predicted octanol–water partition coefficient (Wildman–Crippen LogP) is 6.64. The fourth-order valence-electron chi connectivity index (χ4n) is 9.67. The van der Waals surface area contributed by atoms with Gasteiger partial charge >= 0.3 is 5.97 Å². The normalized spacial score (nSPS) is 48.8. The van der Waals surface area contributed by atoms with Gasteiger partial charge < -0.3 is 9.84 Å². The highest BCUT2D eigenvalue weighted by Gasteiger charge is 2.64. The fraction of sp³-hybridized carbons (Fsp3) is 0.897. The van der Waals surface area contributed by atoms with Gasteiger partial charge in [0.1, 0.15) is 6.10 Å². The number of ether oxygens (including phenoxy) is 1. The molecule has 0 heterocycles. The summed E-state index contributed by atoms with van der Waals surface area (Å²) in [5, 5.41) is 9.61. The molecule has 182 valence electrons. The smallest absolute Gasteiger partial charge is 0.333 e. The Kier molecular flexibility index (Phi) is 6.64. The summed E-state index contributed by atoms with van der Waals surface area (Å²) in [6.45, 7) is 18.5. The number of aliphatic hydroxyl groups is 1. The quantitative estimate of drug-likeness (QED) is 0.382. The minimum absolute atomic E-state index is 0.0718. The zero-order valence-corrected chi connectivity index (χ0v) is 21.5. The van der Waals surface area contributed by atoms with Gasteiger partial charge in [-0.05, 0) is 116 Å². The van der Waals surface area contributed by atoms with E-state index in [0.29, 0.717) is 34.8 Å². The third kappa shape index (κ3) is 3.69. The summed E-state index contributed by atoms with van der Waals surface area (Å²) in [5.74, 6) is 5.78. The lowest BCUT2D eigenvalue weighted by Crippen LogP contribution is -2.59. The number of hydrogen-bond acceptors (Lipinski definition) is 3. The van der Waals surface area contributed by atoms with Gasteiger partial charge in [0, 0.05) is 12.2 Å². The Labute approximate surface area is 196 Å². The van der Waals surface area contributed by atoms with E-state index in [1.54, 1.807) is 6.92 Å². The number of aliphatic hydroxyl groups excluding tert-OH is 1. The average molecular weight is 445 g/mol. The molecule has 0 aliphatic heterocycles. The highest BCUT2D eigenvalue weighted by atomic mass is 16.5. The van der Waals surface area contributed by atoms with Crippen LogP contribution in [0.1, 0.15) is 92.9 Å². The van der Waals surface area contributed by atoms with E-state index in [1.165, 1.54) is 32.1 Å². The predicted molar refractivity (Wildman–Crippen MR) is 130 cm³/mol. The highest BCUT2D eigenvalue weighted by molar-refractivity contribution is 5.87. The molecule has 3 nitrogen and oxygen atoms in total. The third-order valence-corrected chi connectivity index (χ3v) is 11.5. The van der Waals surface area contributed by atoms with Crippen LogP contribution in [0.15, 0.2) is 12.2 Å². The Hall–Kier alpha value is -0.830. The molecule has 0 spiro atoms. The molecule has 4 saturated carbocycles. The Morgan fingerprint density at radius 1 is 1.12 bits per heavy atom. The summed E-state index contributed by atoms with van der Waals surface area (Å²) in [4.78, 5) is 12.1. The van der Waals surface area contributed by atoms with E-state index in [1.807, 2.05) is 0 Å². The molecule has 3 heteroatoms. The van der Waals surface area contributed by atoms with Crippen molar-refractivity contribution >= 4 is 5.97 Å². The molecule has 0 aromatic carbocycles. The summed E-state index contributed by atoms with van der Waals surface area (Å²) in [6, 6.07) is 0. The Morgan fingerprint density at radius 2 is 1.84 bits per heavy atom. The standard InChI is InChI=1S/C29H48O3/c1-17(2)27(31)32-22-10-12-28(6)21(16-22)14-19(4)26-24-9-8-23(18(3)11-13-30)29(24,7)20(5)15-25(26)28/h18-26,30H,1,8-16H2,2-7H3/t18?,19-,20+,21?,22?,23?,24?,25?,26?,28?,29?/m1/s1. The van der Waals surface area contributed by atoms with Crippen LogP contribution in [0.4, 0.5) is 0 Å². The second-order valence-corrected chi connectivity index (χ2v) is 13.0. The maximum Gasteiger partial charge on any atom is 0.333 e. The van der Waals surface area contributed by atoms with E-state index in [-0.39, 0.29) is 12.1 Å². The van der Waals surface area contributed by atoms with Crippen molar-refractivity contribution in [2.75, 3.05) is 6.61 Å². The lowest BCUT2D eigenvalue weighted by Gasteiger charge is -2.65. The van der Waals surface area contributed by atoms with Crippen molar-refractivity contribution < 1.29 is 14.6 Å². The van der Waals surface area contributed by atoms with Gasteiger partial charge in [0.05, 0.1) is 0 Å². The minimum Gasteiger partial charge on any atom is -0.459 e. The molecule has 11 atom stereocenters. The van der Waals surface area contributed by atoms with Crippen LogP contribution in [-0.4, -0.2) is 23.8 Å². The number of esters is 1. The summed E-state index contributed by atoms with van der Waals surface area (Å²) in [6.07, 6.45) is 9.64. The molecule has 0 saturated heterocycles. The SMILES string of the molecule is C=C(C)C(=O)OC1CCC2(C)C(C1)C[C@@H](C)C1C2C[C@H](C)C2(C)C(C(C)CCO)CCC12. The molecular formula is C29H48O3. The molecule has 4 aliphatic rings. The molecule has 4 rings (SSSR count). The van der Waals surface area contributed by atoms with Crippen LogP contribution in [0, 0.1) is 58.2 Å². The highest BCUT2D eigenvalue weighted by Crippen LogP contribution is 2.71. The number of hydrogen-bond donors (Lipinski definition) is 1. The topological polar surface area (TPSA) is 46.5 Å². The zero-order chi connectivity index (χ0) is 23.4. The van der Waals surface area contributed by atoms with E-state index >= 15 is 0 Å². The minimum atomic E-state index is -0.212. The van der Waals surface area contributed by atoms with Gasteiger partial charge in [0.2, 0.25) is 0 Å². The molecule has 4 aliphatic carbocycles. The van der Waals surface area contributed by atoms with Gasteiger partial charge in [-0.25, -0.2) is 4.79 Å². The first-order chi connectivity index (χ1) is 15.0. The maximum absolute atomic E-state index is 12.1. The van der Waals surface area contributed by atoms with E-state index in [0.717, 1.165) is 54.8 Å². The van der Waals surface area contributed by atoms with E-state index < -0.39 is 0 Å². The number of fused-ring (bicyclic) bond motifs is 5. The van der Waals surface area contributed by atoms with E-state index in [4.69, 9.17) is 4.74 Å². The van der Waals surface area contributed by atoms with Crippen LogP contribution in [0.25, 0.3) is 0 Å². The second-order valence-electron chi connectivity index (χ2n) is 13.0. The lowest BCUT2D eigenvalue weighted by molar-refractivity contribution is -0.177. The van der Waals surface area contributed by atoms with Crippen LogP contribution in [0.2, 0.25) is 0 Å². The zero-order valence-electron chi connectivity index (χ0n) is 21.5. The van der Waals surface area contributed by atoms with Crippen LogP contribution >= 0.6 is 0 Å². The van der Waals surface area contributed by atoms with E-state index in [2.05, 4.69) is 41.2 Å². The maximum atomic E-state index is 12.1. The molecule has 0 bridgehead atoms. The van der Waals surface area contributed by atoms with Gasteiger partial charge in [0.25, 0.3) is 0 Å². The molecule has 0 amide bonds. The number of rotatable bonds is 5. The van der Waals surface area contributed by atoms with Gasteiger partial charge in [-0.15, -0.1) is 0 Å². The van der Waals surface area contributed by atoms with Gasteiger partial charge in [-0.1, -0.05) is 41.2 Å². The molecule has 32 heavy (non-hydrogen) atoms. The monoisotopic (exact) mass is 444 g/mol. The van der Waals surface area contributed by atoms with Gasteiger partial charge in [-0.3, -0.25) is 0 Å². The third-order valence-electron chi connectivity index (χ3n) is 11.5. The number of carbonyl (C=O) groups is 1. The summed E-state index contributed by atoms with van der Waals surface area (Å²) < 4.78 is 5.83. The van der Waals surface area contributed by atoms with Crippen LogP contribution in [0.3, 0.4) is 0 Å². The summed E-state index contributed by atoms with van der Waals surface area (Å²) in [7, 11) is 0. The first kappa shape index (κ1) is 24.3. The van der Waals surface area contributed by atoms with Crippen LogP contribution < -0.4 is 0 Å². The molecule has 9 unspecified atom stereocenters. The van der Waals surface area contributed by atoms with Crippen molar-refractivity contribution in [1.82, 2.24) is 0 Å². The second kappa shape index (κ2) is 8.75. The van der Waals surface area contributed by atoms with Crippen molar-refractivity contribution in [3.05, 3.63) is 12.2 Å². The molecular weight excluding hydrogens is 396 g/mol. The van der Waals surface area contributed by atoms with Crippen molar-refractivity contribution in [2.24, 2.45) is 58.2 Å². The van der Waals surface area contributed by atoms with Crippen molar-refractivity contribution in [2.45, 2.75) is 99.0 Å². The molecule has 4 fully saturated rings. The van der Waals surface area contributed by atoms with Gasteiger partial charge in [-0.2, -0.15) is 0 Å². The van der Waals surface area contributed by atoms with E-state index in [9.17, 15) is 9.90 Å². The summed E-state index contributed by atoms with van der Waals surface area (Å²) >= 11 is 0. The molecule has 0 radical (unpaired) electrons. The van der Waals surface area contributed by atoms with Crippen LogP contribution in [0.5, 0.6) is 0 Å². The van der Waals surface area contributed by atoms with Gasteiger partial charge in [0.15, 0.2) is 0 Å². The largest absolute Gasteiger partial charge is 0.459 e. The molecule has 1 N–H and O–H groups in total. The first-order valence-corrected chi connectivity index (χ1v) is 13.5. The van der Waals surface area contributed by atoms with Crippen molar-refractivity contribution in [3.63, 3.8) is 0 Å². The van der Waals surface area contributed by atoms with Crippen LogP contribution in [-0.2, 0) is 9.53 Å². The Balaban J connectivity index is 1.56. The Morgan fingerprint density at radius 3 is 2.50 bits per heavy atom. The first-order valence-electron chi connectivity index (χ1n) is 13.5. The van der Waals surface area contributed by atoms with Crippen molar-refractivity contribution in [3.8, 4) is 0 Å². The Bertz CT molecular complexity index is 730.